The number of ketones is 1. The first-order valence-corrected chi connectivity index (χ1v) is 3.83. The van der Waals surface area contributed by atoms with E-state index in [9.17, 15) is 4.79 Å². The van der Waals surface area contributed by atoms with E-state index in [1.165, 1.54) is 0 Å². The summed E-state index contributed by atoms with van der Waals surface area (Å²) in [5, 5.41) is 0. The number of rotatable bonds is 1. The van der Waals surface area contributed by atoms with Crippen molar-refractivity contribution in [3.63, 3.8) is 0 Å². The SMILES string of the molecule is CC(C)(C)CC1=COCC1=O. The zero-order chi connectivity index (χ0) is 8.48. The smallest absolute Gasteiger partial charge is 0.199 e. The topological polar surface area (TPSA) is 26.3 Å². The Kier molecular flexibility index (Phi) is 2.03. The fraction of sp³-hybridized carbons (Fsp3) is 0.667. The van der Waals surface area contributed by atoms with Gasteiger partial charge in [0.1, 0.15) is 6.61 Å². The highest BCUT2D eigenvalue weighted by Crippen LogP contribution is 2.26. The Balaban J connectivity index is 2.56. The van der Waals surface area contributed by atoms with Crippen LogP contribution in [0.4, 0.5) is 0 Å². The lowest BCUT2D eigenvalue weighted by Gasteiger charge is -2.16. The predicted molar refractivity (Wildman–Crippen MR) is 43.1 cm³/mol. The Morgan fingerprint density at radius 2 is 2.18 bits per heavy atom. The second-order valence-corrected chi connectivity index (χ2v) is 4.11. The maximum atomic E-state index is 11.1. The average Bonchev–Trinajstić information content (AvgIpc) is 2.12. The first kappa shape index (κ1) is 8.31. The number of carbonyl (C=O) groups excluding carboxylic acids is 1. The number of hydrogen-bond donors (Lipinski definition) is 0. The lowest BCUT2D eigenvalue weighted by atomic mass is 9.87. The summed E-state index contributed by atoms with van der Waals surface area (Å²) < 4.78 is 4.90. The highest BCUT2D eigenvalue weighted by Gasteiger charge is 2.22. The van der Waals surface area contributed by atoms with Crippen LogP contribution in [-0.4, -0.2) is 12.4 Å². The maximum Gasteiger partial charge on any atom is 0.199 e. The third-order valence-electron chi connectivity index (χ3n) is 1.52. The lowest BCUT2D eigenvalue weighted by molar-refractivity contribution is -0.116. The Morgan fingerprint density at radius 3 is 2.55 bits per heavy atom. The van der Waals surface area contributed by atoms with Gasteiger partial charge in [0.15, 0.2) is 5.78 Å². The molecule has 1 aliphatic rings. The van der Waals surface area contributed by atoms with Gasteiger partial charge in [-0.15, -0.1) is 0 Å². The molecule has 0 atom stereocenters. The van der Waals surface area contributed by atoms with Crippen molar-refractivity contribution in [2.45, 2.75) is 27.2 Å². The van der Waals surface area contributed by atoms with Crippen LogP contribution >= 0.6 is 0 Å². The van der Waals surface area contributed by atoms with Crippen molar-refractivity contribution in [3.8, 4) is 0 Å². The van der Waals surface area contributed by atoms with Crippen molar-refractivity contribution in [1.82, 2.24) is 0 Å². The van der Waals surface area contributed by atoms with E-state index in [1.807, 2.05) is 0 Å². The quantitative estimate of drug-likeness (QED) is 0.576. The minimum absolute atomic E-state index is 0.139. The van der Waals surface area contributed by atoms with Gasteiger partial charge in [0.2, 0.25) is 0 Å². The standard InChI is InChI=1S/C9H14O2/c1-9(2,3)4-7-5-11-6-8(7)10/h5H,4,6H2,1-3H3. The Morgan fingerprint density at radius 1 is 1.55 bits per heavy atom. The molecule has 0 aromatic carbocycles. The van der Waals surface area contributed by atoms with Crippen molar-refractivity contribution in [1.29, 1.82) is 0 Å². The number of ether oxygens (including phenoxy) is 1. The summed E-state index contributed by atoms with van der Waals surface area (Å²) in [7, 11) is 0. The number of carbonyl (C=O) groups is 1. The fourth-order valence-corrected chi connectivity index (χ4v) is 1.09. The molecule has 0 aromatic rings. The van der Waals surface area contributed by atoms with Crippen molar-refractivity contribution >= 4 is 5.78 Å². The van der Waals surface area contributed by atoms with Gasteiger partial charge < -0.3 is 4.74 Å². The summed E-state index contributed by atoms with van der Waals surface area (Å²) in [6.45, 7) is 6.57. The molecule has 62 valence electrons. The monoisotopic (exact) mass is 154 g/mol. The molecule has 0 aliphatic carbocycles. The van der Waals surface area contributed by atoms with Crippen LogP contribution in [0, 0.1) is 5.41 Å². The maximum absolute atomic E-state index is 11.1. The lowest BCUT2D eigenvalue weighted by Crippen LogP contribution is -2.11. The predicted octanol–water partition coefficient (Wildman–Crippen LogP) is 1.91. The van der Waals surface area contributed by atoms with Gasteiger partial charge in [-0.05, 0) is 11.8 Å². The third kappa shape index (κ3) is 2.37. The summed E-state index contributed by atoms with van der Waals surface area (Å²) in [6, 6.07) is 0. The second kappa shape index (κ2) is 2.68. The molecule has 1 rings (SSSR count). The van der Waals surface area contributed by atoms with E-state index in [0.717, 1.165) is 12.0 Å². The minimum atomic E-state index is 0.139. The van der Waals surface area contributed by atoms with E-state index < -0.39 is 0 Å². The van der Waals surface area contributed by atoms with E-state index in [2.05, 4.69) is 20.8 Å². The molecule has 2 heteroatoms. The van der Waals surface area contributed by atoms with Gasteiger partial charge in [-0.3, -0.25) is 4.79 Å². The fourth-order valence-electron chi connectivity index (χ4n) is 1.09. The molecule has 0 saturated heterocycles. The summed E-state index contributed by atoms with van der Waals surface area (Å²) in [5.41, 5.74) is 1.01. The zero-order valence-corrected chi connectivity index (χ0v) is 7.31. The van der Waals surface area contributed by atoms with Crippen LogP contribution < -0.4 is 0 Å². The van der Waals surface area contributed by atoms with E-state index in [-0.39, 0.29) is 17.8 Å². The molecular weight excluding hydrogens is 140 g/mol. The van der Waals surface area contributed by atoms with Crippen LogP contribution in [0.3, 0.4) is 0 Å². The first-order valence-electron chi connectivity index (χ1n) is 3.83. The van der Waals surface area contributed by atoms with Gasteiger partial charge in [0.25, 0.3) is 0 Å². The van der Waals surface area contributed by atoms with Gasteiger partial charge >= 0.3 is 0 Å². The van der Waals surface area contributed by atoms with Crippen LogP contribution in [0.15, 0.2) is 11.8 Å². The summed E-state index contributed by atoms with van der Waals surface area (Å²) >= 11 is 0. The van der Waals surface area contributed by atoms with Crippen LogP contribution in [0.25, 0.3) is 0 Å². The Labute approximate surface area is 67.2 Å². The first-order chi connectivity index (χ1) is 4.99. The number of hydrogen-bond acceptors (Lipinski definition) is 2. The highest BCUT2D eigenvalue weighted by molar-refractivity contribution is 5.97. The molecule has 2 nitrogen and oxygen atoms in total. The number of Topliss-reactive ketones (excluding diaryl/α,β-unsaturated/α-hetero) is 1. The van der Waals surface area contributed by atoms with Crippen LogP contribution in [0.1, 0.15) is 27.2 Å². The van der Waals surface area contributed by atoms with Gasteiger partial charge in [0.05, 0.1) is 6.26 Å². The van der Waals surface area contributed by atoms with Crippen LogP contribution in [-0.2, 0) is 9.53 Å². The molecule has 0 saturated carbocycles. The molecule has 1 heterocycles. The molecule has 0 amide bonds. The Hall–Kier alpha value is -0.790. The molecule has 0 N–H and O–H groups in total. The van der Waals surface area contributed by atoms with Crippen molar-refractivity contribution in [3.05, 3.63) is 11.8 Å². The summed E-state index contributed by atoms with van der Waals surface area (Å²) in [4.78, 5) is 11.1. The summed E-state index contributed by atoms with van der Waals surface area (Å²) in [6.07, 6.45) is 2.40. The molecular formula is C9H14O2. The molecule has 1 aliphatic heterocycles. The van der Waals surface area contributed by atoms with E-state index in [0.29, 0.717) is 0 Å². The van der Waals surface area contributed by atoms with Gasteiger partial charge in [0, 0.05) is 5.57 Å². The minimum Gasteiger partial charge on any atom is -0.493 e. The highest BCUT2D eigenvalue weighted by atomic mass is 16.5. The van der Waals surface area contributed by atoms with Crippen LogP contribution in [0.2, 0.25) is 0 Å². The van der Waals surface area contributed by atoms with E-state index >= 15 is 0 Å². The van der Waals surface area contributed by atoms with E-state index in [1.54, 1.807) is 6.26 Å². The third-order valence-corrected chi connectivity index (χ3v) is 1.52. The van der Waals surface area contributed by atoms with Gasteiger partial charge in [-0.1, -0.05) is 20.8 Å². The largest absolute Gasteiger partial charge is 0.493 e. The molecule has 0 radical (unpaired) electrons. The molecule has 0 unspecified atom stereocenters. The zero-order valence-electron chi connectivity index (χ0n) is 7.31. The molecule has 0 spiro atoms. The molecule has 11 heavy (non-hydrogen) atoms. The average molecular weight is 154 g/mol. The van der Waals surface area contributed by atoms with Crippen molar-refractivity contribution < 1.29 is 9.53 Å². The van der Waals surface area contributed by atoms with Crippen molar-refractivity contribution in [2.75, 3.05) is 6.61 Å². The molecule has 0 fully saturated rings. The molecule has 0 aromatic heterocycles. The van der Waals surface area contributed by atoms with Crippen molar-refractivity contribution in [2.24, 2.45) is 5.41 Å². The van der Waals surface area contributed by atoms with Crippen LogP contribution in [0.5, 0.6) is 0 Å². The normalized spacial score (nSPS) is 18.1. The Bertz CT molecular complexity index is 196. The summed E-state index contributed by atoms with van der Waals surface area (Å²) in [5.74, 6) is 0.139. The van der Waals surface area contributed by atoms with Gasteiger partial charge in [-0.25, -0.2) is 0 Å². The second-order valence-electron chi connectivity index (χ2n) is 4.11. The molecule has 0 bridgehead atoms. The van der Waals surface area contributed by atoms with Gasteiger partial charge in [-0.2, -0.15) is 0 Å². The van der Waals surface area contributed by atoms with E-state index in [4.69, 9.17) is 4.74 Å².